The third-order valence-corrected chi connectivity index (χ3v) is 2.66. The predicted molar refractivity (Wildman–Crippen MR) is 67.9 cm³/mol. The zero-order chi connectivity index (χ0) is 12.8. The Hall–Kier alpha value is -0.610. The Morgan fingerprint density at radius 3 is 2.31 bits per heavy atom. The quantitative estimate of drug-likeness (QED) is 0.647. The second-order valence-corrected chi connectivity index (χ2v) is 5.71. The largest absolute Gasteiger partial charge is 0.369 e. The van der Waals surface area contributed by atoms with Crippen LogP contribution in [0.25, 0.3) is 0 Å². The maximum atomic E-state index is 10.9. The molecule has 0 unspecified atom stereocenters. The average molecular weight is 229 g/mol. The Kier molecular flexibility index (Phi) is 6.60. The third kappa shape index (κ3) is 7.65. The van der Waals surface area contributed by atoms with Crippen molar-refractivity contribution in [1.82, 2.24) is 4.90 Å². The molecule has 0 rings (SSSR count). The predicted octanol–water partition coefficient (Wildman–Crippen LogP) is 0.805. The SMILES string of the molecule is CC(C)CN(CCC(C)(C)CN)CC(N)=O. The summed E-state index contributed by atoms with van der Waals surface area (Å²) in [7, 11) is 0. The molecule has 0 saturated heterocycles. The van der Waals surface area contributed by atoms with Crippen molar-refractivity contribution in [2.75, 3.05) is 26.2 Å². The fourth-order valence-corrected chi connectivity index (χ4v) is 1.53. The van der Waals surface area contributed by atoms with Gasteiger partial charge in [0.2, 0.25) is 5.91 Å². The summed E-state index contributed by atoms with van der Waals surface area (Å²) in [5.74, 6) is 0.284. The lowest BCUT2D eigenvalue weighted by molar-refractivity contribution is -0.119. The molecule has 0 aromatic heterocycles. The van der Waals surface area contributed by atoms with Crippen LogP contribution in [0.2, 0.25) is 0 Å². The van der Waals surface area contributed by atoms with Crippen LogP contribution in [0.5, 0.6) is 0 Å². The summed E-state index contributed by atoms with van der Waals surface area (Å²) in [4.78, 5) is 13.1. The zero-order valence-corrected chi connectivity index (χ0v) is 11.1. The normalized spacial score (nSPS) is 12.4. The molecule has 16 heavy (non-hydrogen) atoms. The lowest BCUT2D eigenvalue weighted by Crippen LogP contribution is -2.39. The highest BCUT2D eigenvalue weighted by Gasteiger charge is 2.18. The molecular formula is C12H27N3O. The summed E-state index contributed by atoms with van der Waals surface area (Å²) < 4.78 is 0. The molecule has 96 valence electrons. The van der Waals surface area contributed by atoms with E-state index in [2.05, 4.69) is 32.6 Å². The number of primary amides is 1. The number of nitrogens with two attached hydrogens (primary N) is 2. The Morgan fingerprint density at radius 1 is 1.38 bits per heavy atom. The molecule has 0 aliphatic heterocycles. The summed E-state index contributed by atoms with van der Waals surface area (Å²) in [6.45, 7) is 11.4. The molecule has 0 heterocycles. The fourth-order valence-electron chi connectivity index (χ4n) is 1.53. The van der Waals surface area contributed by atoms with Crippen LogP contribution < -0.4 is 11.5 Å². The summed E-state index contributed by atoms with van der Waals surface area (Å²) in [5, 5.41) is 0. The van der Waals surface area contributed by atoms with Crippen LogP contribution in [0.1, 0.15) is 34.1 Å². The van der Waals surface area contributed by atoms with Crippen LogP contribution in [-0.4, -0.2) is 37.0 Å². The van der Waals surface area contributed by atoms with Crippen LogP contribution >= 0.6 is 0 Å². The Balaban J connectivity index is 4.15. The van der Waals surface area contributed by atoms with Gasteiger partial charge in [-0.2, -0.15) is 0 Å². The van der Waals surface area contributed by atoms with Crippen LogP contribution in [0.4, 0.5) is 0 Å². The number of hydrogen-bond acceptors (Lipinski definition) is 3. The second kappa shape index (κ2) is 6.86. The van der Waals surface area contributed by atoms with Crippen molar-refractivity contribution in [3.63, 3.8) is 0 Å². The van der Waals surface area contributed by atoms with Gasteiger partial charge in [-0.1, -0.05) is 27.7 Å². The van der Waals surface area contributed by atoms with Gasteiger partial charge >= 0.3 is 0 Å². The highest BCUT2D eigenvalue weighted by Crippen LogP contribution is 2.18. The number of amides is 1. The minimum absolute atomic E-state index is 0.132. The Morgan fingerprint density at radius 2 is 1.94 bits per heavy atom. The topological polar surface area (TPSA) is 72.3 Å². The number of rotatable bonds is 8. The van der Waals surface area contributed by atoms with Gasteiger partial charge in [0.15, 0.2) is 0 Å². The fraction of sp³-hybridized carbons (Fsp3) is 0.917. The van der Waals surface area contributed by atoms with Crippen molar-refractivity contribution in [2.24, 2.45) is 22.8 Å². The van der Waals surface area contributed by atoms with Gasteiger partial charge in [0.1, 0.15) is 0 Å². The van der Waals surface area contributed by atoms with Crippen molar-refractivity contribution in [3.8, 4) is 0 Å². The minimum Gasteiger partial charge on any atom is -0.369 e. The van der Waals surface area contributed by atoms with Crippen molar-refractivity contribution in [1.29, 1.82) is 0 Å². The zero-order valence-electron chi connectivity index (χ0n) is 11.1. The van der Waals surface area contributed by atoms with Crippen molar-refractivity contribution >= 4 is 5.91 Å². The standard InChI is InChI=1S/C12H27N3O/c1-10(2)7-15(8-11(14)16)6-5-12(3,4)9-13/h10H,5-9,13H2,1-4H3,(H2,14,16). The van der Waals surface area contributed by atoms with Gasteiger partial charge < -0.3 is 11.5 Å². The number of hydrogen-bond donors (Lipinski definition) is 2. The first-order valence-corrected chi connectivity index (χ1v) is 5.97. The third-order valence-electron chi connectivity index (χ3n) is 2.66. The van der Waals surface area contributed by atoms with E-state index in [4.69, 9.17) is 11.5 Å². The monoisotopic (exact) mass is 229 g/mol. The molecule has 4 heteroatoms. The number of carbonyl (C=O) groups is 1. The Labute approximate surface area is 99.4 Å². The molecule has 4 nitrogen and oxygen atoms in total. The van der Waals surface area contributed by atoms with Gasteiger partial charge in [0.05, 0.1) is 6.54 Å². The van der Waals surface area contributed by atoms with E-state index in [1.165, 1.54) is 0 Å². The van der Waals surface area contributed by atoms with E-state index in [0.717, 1.165) is 19.5 Å². The summed E-state index contributed by atoms with van der Waals surface area (Å²) in [6.07, 6.45) is 0.990. The summed E-state index contributed by atoms with van der Waals surface area (Å²) >= 11 is 0. The van der Waals surface area contributed by atoms with E-state index in [9.17, 15) is 4.79 Å². The van der Waals surface area contributed by atoms with Crippen molar-refractivity contribution < 1.29 is 4.79 Å². The molecule has 0 aromatic rings. The van der Waals surface area contributed by atoms with E-state index in [1.54, 1.807) is 0 Å². The van der Waals surface area contributed by atoms with Crippen LogP contribution in [-0.2, 0) is 4.79 Å². The second-order valence-electron chi connectivity index (χ2n) is 5.71. The first-order chi connectivity index (χ1) is 7.26. The molecule has 0 aromatic carbocycles. The highest BCUT2D eigenvalue weighted by molar-refractivity contribution is 5.75. The van der Waals surface area contributed by atoms with Crippen LogP contribution in [0.3, 0.4) is 0 Å². The first-order valence-electron chi connectivity index (χ1n) is 5.97. The number of nitrogens with zero attached hydrogens (tertiary/aromatic N) is 1. The number of carbonyl (C=O) groups excluding carboxylic acids is 1. The average Bonchev–Trinajstić information content (AvgIpc) is 2.13. The molecular weight excluding hydrogens is 202 g/mol. The highest BCUT2D eigenvalue weighted by atomic mass is 16.1. The van der Waals surface area contributed by atoms with E-state index < -0.39 is 0 Å². The molecule has 0 bridgehead atoms. The Bertz CT molecular complexity index is 214. The molecule has 0 spiro atoms. The molecule has 0 aliphatic rings. The lowest BCUT2D eigenvalue weighted by Gasteiger charge is -2.28. The maximum absolute atomic E-state index is 10.9. The van der Waals surface area contributed by atoms with Gasteiger partial charge in [-0.25, -0.2) is 0 Å². The van der Waals surface area contributed by atoms with E-state index >= 15 is 0 Å². The van der Waals surface area contributed by atoms with Crippen LogP contribution in [0, 0.1) is 11.3 Å². The van der Waals surface area contributed by atoms with Crippen LogP contribution in [0.15, 0.2) is 0 Å². The smallest absolute Gasteiger partial charge is 0.231 e. The molecule has 1 amide bonds. The van der Waals surface area contributed by atoms with Gasteiger partial charge in [0.25, 0.3) is 0 Å². The summed E-state index contributed by atoms with van der Waals surface area (Å²) in [6, 6.07) is 0. The van der Waals surface area contributed by atoms with Crippen molar-refractivity contribution in [3.05, 3.63) is 0 Å². The molecule has 0 atom stereocenters. The first kappa shape index (κ1) is 15.4. The van der Waals surface area contributed by atoms with E-state index in [1.807, 2.05) is 0 Å². The van der Waals surface area contributed by atoms with Gasteiger partial charge in [-0.05, 0) is 30.8 Å². The maximum Gasteiger partial charge on any atom is 0.231 e. The summed E-state index contributed by atoms with van der Waals surface area (Å²) in [5.41, 5.74) is 11.1. The van der Waals surface area contributed by atoms with E-state index in [0.29, 0.717) is 19.0 Å². The molecule has 4 N–H and O–H groups in total. The van der Waals surface area contributed by atoms with E-state index in [-0.39, 0.29) is 11.3 Å². The molecule has 0 radical (unpaired) electrons. The van der Waals surface area contributed by atoms with Gasteiger partial charge in [-0.15, -0.1) is 0 Å². The molecule has 0 aliphatic carbocycles. The minimum atomic E-state index is -0.258. The van der Waals surface area contributed by atoms with Gasteiger partial charge in [0, 0.05) is 6.54 Å². The molecule has 0 saturated carbocycles. The molecule has 0 fully saturated rings. The van der Waals surface area contributed by atoms with Gasteiger partial charge in [-0.3, -0.25) is 9.69 Å². The van der Waals surface area contributed by atoms with Crippen molar-refractivity contribution in [2.45, 2.75) is 34.1 Å². The lowest BCUT2D eigenvalue weighted by atomic mass is 9.89.